The highest BCUT2D eigenvalue weighted by Crippen LogP contribution is 2.38. The summed E-state index contributed by atoms with van der Waals surface area (Å²) in [6.07, 6.45) is -1.73. The van der Waals surface area contributed by atoms with Gasteiger partial charge in [-0.3, -0.25) is 0 Å². The smallest absolute Gasteiger partial charge is 0.372 e. The number of hydrogen-bond acceptors (Lipinski definition) is 5. The molecule has 1 N–H and O–H groups in total. The van der Waals surface area contributed by atoms with Crippen LogP contribution in [-0.2, 0) is 6.18 Å². The van der Waals surface area contributed by atoms with Gasteiger partial charge in [-0.1, -0.05) is 0 Å². The summed E-state index contributed by atoms with van der Waals surface area (Å²) < 4.78 is 40.3. The molecule has 0 radical (unpaired) electrons. The minimum atomic E-state index is -4.64. The first-order valence-corrected chi connectivity index (χ1v) is 7.58. The minimum absolute atomic E-state index is 0.368. The van der Waals surface area contributed by atoms with E-state index in [0.717, 1.165) is 25.3 Å². The highest BCUT2D eigenvalue weighted by molar-refractivity contribution is 5.66. The summed E-state index contributed by atoms with van der Waals surface area (Å²) in [6, 6.07) is 8.32. The molecule has 25 heavy (non-hydrogen) atoms. The maximum Gasteiger partial charge on any atom is 0.418 e. The zero-order chi connectivity index (χ0) is 18.4. The Balaban J connectivity index is 2.45. The van der Waals surface area contributed by atoms with Gasteiger partial charge < -0.3 is 10.2 Å². The first-order valence-electron chi connectivity index (χ1n) is 7.58. The van der Waals surface area contributed by atoms with Crippen molar-refractivity contribution < 1.29 is 13.2 Å². The summed E-state index contributed by atoms with van der Waals surface area (Å²) in [5.74, 6) is 0. The molecule has 0 spiro atoms. The Hall–Kier alpha value is -3.18. The van der Waals surface area contributed by atoms with Crippen LogP contribution in [0.15, 0.2) is 29.5 Å². The lowest BCUT2D eigenvalue weighted by Gasteiger charge is -2.29. The summed E-state index contributed by atoms with van der Waals surface area (Å²) in [7, 11) is 0. The number of nitrogens with one attached hydrogen (secondary N) is 1. The Kier molecular flexibility index (Phi) is 5.52. The first-order chi connectivity index (χ1) is 11.9. The molecule has 1 aliphatic heterocycles. The average Bonchev–Trinajstić information content (AvgIpc) is 2.61. The van der Waals surface area contributed by atoms with Crippen LogP contribution in [0.4, 0.5) is 24.5 Å². The lowest BCUT2D eigenvalue weighted by atomic mass is 10.1. The highest BCUT2D eigenvalue weighted by Gasteiger charge is 2.34. The van der Waals surface area contributed by atoms with Crippen LogP contribution in [0.25, 0.3) is 0 Å². The van der Waals surface area contributed by atoms with Gasteiger partial charge in [0, 0.05) is 18.8 Å². The normalized spacial score (nSPS) is 14.0. The third kappa shape index (κ3) is 4.22. The number of rotatable bonds is 3. The van der Waals surface area contributed by atoms with Gasteiger partial charge in [0.2, 0.25) is 0 Å². The lowest BCUT2D eigenvalue weighted by Crippen LogP contribution is -2.29. The number of nitriles is 3. The predicted molar refractivity (Wildman–Crippen MR) is 85.0 cm³/mol. The molecule has 0 unspecified atom stereocenters. The SMILES string of the molecule is N#CC(C#N)=C(C#N)Nc1ccc(N2CCCCC2)cc1C(F)(F)F. The molecule has 1 heterocycles. The Morgan fingerprint density at radius 3 is 2.16 bits per heavy atom. The molecular weight excluding hydrogens is 331 g/mol. The van der Waals surface area contributed by atoms with Crippen molar-refractivity contribution in [3.05, 3.63) is 35.0 Å². The molecule has 8 heteroatoms. The standard InChI is InChI=1S/C17H14F3N5/c18-17(19,20)14-8-13(25-6-2-1-3-7-25)4-5-15(14)24-16(11-23)12(9-21)10-22/h4-5,8,24H,1-3,6-7H2. The van der Waals surface area contributed by atoms with Gasteiger partial charge in [0.25, 0.3) is 0 Å². The van der Waals surface area contributed by atoms with Gasteiger partial charge in [0.1, 0.15) is 23.9 Å². The topological polar surface area (TPSA) is 86.6 Å². The number of hydrogen-bond donors (Lipinski definition) is 1. The fourth-order valence-corrected chi connectivity index (χ4v) is 2.64. The molecular formula is C17H14F3N5. The molecule has 0 bridgehead atoms. The fourth-order valence-electron chi connectivity index (χ4n) is 2.64. The van der Waals surface area contributed by atoms with Crippen LogP contribution < -0.4 is 10.2 Å². The summed E-state index contributed by atoms with van der Waals surface area (Å²) in [5.41, 5.74) is -1.94. The fraction of sp³-hybridized carbons (Fsp3) is 0.353. The van der Waals surface area contributed by atoms with Crippen molar-refractivity contribution in [1.82, 2.24) is 0 Å². The molecule has 0 atom stereocenters. The van der Waals surface area contributed by atoms with Gasteiger partial charge in [-0.2, -0.15) is 29.0 Å². The molecule has 2 rings (SSSR count). The van der Waals surface area contributed by atoms with Crippen LogP contribution in [0.2, 0.25) is 0 Å². The van der Waals surface area contributed by atoms with E-state index in [-0.39, 0.29) is 5.69 Å². The van der Waals surface area contributed by atoms with Gasteiger partial charge in [-0.15, -0.1) is 0 Å². The molecule has 1 saturated heterocycles. The maximum absolute atomic E-state index is 13.4. The van der Waals surface area contributed by atoms with Crippen molar-refractivity contribution in [2.24, 2.45) is 0 Å². The van der Waals surface area contributed by atoms with Crippen LogP contribution >= 0.6 is 0 Å². The van der Waals surface area contributed by atoms with Crippen LogP contribution in [0, 0.1) is 34.0 Å². The number of alkyl halides is 3. The van der Waals surface area contributed by atoms with E-state index >= 15 is 0 Å². The summed E-state index contributed by atoms with van der Waals surface area (Å²) >= 11 is 0. The molecule has 0 saturated carbocycles. The Morgan fingerprint density at radius 2 is 1.64 bits per heavy atom. The summed E-state index contributed by atoms with van der Waals surface area (Å²) in [4.78, 5) is 1.89. The van der Waals surface area contributed by atoms with Crippen molar-refractivity contribution in [1.29, 1.82) is 15.8 Å². The van der Waals surface area contributed by atoms with Gasteiger partial charge in [-0.05, 0) is 37.5 Å². The van der Waals surface area contributed by atoms with Gasteiger partial charge >= 0.3 is 6.18 Å². The van der Waals surface area contributed by atoms with E-state index in [4.69, 9.17) is 15.8 Å². The van der Waals surface area contributed by atoms with E-state index in [1.54, 1.807) is 6.07 Å². The number of allylic oxidation sites excluding steroid dienone is 2. The van der Waals surface area contributed by atoms with Crippen molar-refractivity contribution in [2.75, 3.05) is 23.3 Å². The molecule has 128 valence electrons. The zero-order valence-corrected chi connectivity index (χ0v) is 13.2. The minimum Gasteiger partial charge on any atom is -0.372 e. The number of piperidine rings is 1. The second kappa shape index (κ2) is 7.59. The van der Waals surface area contributed by atoms with Crippen molar-refractivity contribution in [3.63, 3.8) is 0 Å². The molecule has 1 aliphatic rings. The second-order valence-electron chi connectivity index (χ2n) is 5.49. The zero-order valence-electron chi connectivity index (χ0n) is 13.2. The maximum atomic E-state index is 13.4. The van der Waals surface area contributed by atoms with Gasteiger partial charge in [0.15, 0.2) is 5.57 Å². The van der Waals surface area contributed by atoms with Crippen molar-refractivity contribution >= 4 is 11.4 Å². The van der Waals surface area contributed by atoms with E-state index in [1.165, 1.54) is 24.3 Å². The molecule has 1 aromatic rings. The number of anilines is 2. The Bertz CT molecular complexity index is 784. The van der Waals surface area contributed by atoms with Crippen LogP contribution in [0.5, 0.6) is 0 Å². The van der Waals surface area contributed by atoms with Crippen LogP contribution in [0.3, 0.4) is 0 Å². The van der Waals surface area contributed by atoms with Crippen LogP contribution in [-0.4, -0.2) is 13.1 Å². The van der Waals surface area contributed by atoms with E-state index < -0.39 is 23.0 Å². The monoisotopic (exact) mass is 345 g/mol. The lowest BCUT2D eigenvalue weighted by molar-refractivity contribution is -0.136. The third-order valence-electron chi connectivity index (χ3n) is 3.87. The highest BCUT2D eigenvalue weighted by atomic mass is 19.4. The first kappa shape index (κ1) is 18.2. The Labute approximate surface area is 143 Å². The number of halogens is 3. The summed E-state index contributed by atoms with van der Waals surface area (Å²) in [5, 5.41) is 28.9. The summed E-state index contributed by atoms with van der Waals surface area (Å²) in [6.45, 7) is 1.39. The van der Waals surface area contributed by atoms with E-state index in [2.05, 4.69) is 5.32 Å². The average molecular weight is 345 g/mol. The Morgan fingerprint density at radius 1 is 1.00 bits per heavy atom. The van der Waals surface area contributed by atoms with E-state index in [9.17, 15) is 13.2 Å². The number of benzene rings is 1. The largest absolute Gasteiger partial charge is 0.418 e. The van der Waals surface area contributed by atoms with Gasteiger partial charge in [-0.25, -0.2) is 0 Å². The molecule has 1 fully saturated rings. The quantitative estimate of drug-likeness (QED) is 0.839. The number of nitrogens with zero attached hydrogens (tertiary/aromatic N) is 4. The van der Waals surface area contributed by atoms with E-state index in [1.807, 2.05) is 4.90 Å². The third-order valence-corrected chi connectivity index (χ3v) is 3.87. The van der Waals surface area contributed by atoms with Crippen molar-refractivity contribution in [2.45, 2.75) is 25.4 Å². The predicted octanol–water partition coefficient (Wildman–Crippen LogP) is 3.93. The van der Waals surface area contributed by atoms with E-state index in [0.29, 0.717) is 18.8 Å². The molecule has 0 aromatic heterocycles. The molecule has 0 aliphatic carbocycles. The molecule has 0 amide bonds. The van der Waals surface area contributed by atoms with Crippen LogP contribution in [0.1, 0.15) is 24.8 Å². The van der Waals surface area contributed by atoms with Gasteiger partial charge in [0.05, 0.1) is 11.3 Å². The van der Waals surface area contributed by atoms with Crippen molar-refractivity contribution in [3.8, 4) is 18.2 Å². The molecule has 5 nitrogen and oxygen atoms in total. The molecule has 1 aromatic carbocycles. The second-order valence-corrected chi connectivity index (χ2v) is 5.49.